The number of nitrogens with two attached hydrogens (primary N) is 1. The fourth-order valence-corrected chi connectivity index (χ4v) is 2.83. The van der Waals surface area contributed by atoms with Crippen LogP contribution in [-0.2, 0) is 0 Å². The Hall–Kier alpha value is -1.51. The van der Waals surface area contributed by atoms with Gasteiger partial charge in [0.15, 0.2) is 0 Å². The first-order valence-corrected chi connectivity index (χ1v) is 6.35. The summed E-state index contributed by atoms with van der Waals surface area (Å²) in [6.07, 6.45) is 9.77. The van der Waals surface area contributed by atoms with Crippen LogP contribution in [0.1, 0.15) is 44.9 Å². The summed E-state index contributed by atoms with van der Waals surface area (Å²) in [5.41, 5.74) is 10.2. The van der Waals surface area contributed by atoms with Crippen LogP contribution in [0.3, 0.4) is 0 Å². The molecule has 0 aromatic heterocycles. The van der Waals surface area contributed by atoms with Gasteiger partial charge >= 0.3 is 6.03 Å². The molecule has 2 aliphatic carbocycles. The number of allylic oxidation sites excluding steroid dienone is 4. The van der Waals surface area contributed by atoms with Crippen LogP contribution in [-0.4, -0.2) is 6.03 Å². The molecule has 0 aromatic carbocycles. The van der Waals surface area contributed by atoms with E-state index in [2.05, 4.69) is 11.9 Å². The third-order valence-corrected chi connectivity index (χ3v) is 3.62. The van der Waals surface area contributed by atoms with E-state index in [0.29, 0.717) is 0 Å². The van der Waals surface area contributed by atoms with Gasteiger partial charge in [0, 0.05) is 5.70 Å². The number of hydrogen-bond acceptors (Lipinski definition) is 1. The zero-order valence-electron chi connectivity index (χ0n) is 10.2. The van der Waals surface area contributed by atoms with Crippen LogP contribution in [0.5, 0.6) is 0 Å². The lowest BCUT2D eigenvalue weighted by atomic mass is 10.0. The molecular formula is C14H20N2O. The van der Waals surface area contributed by atoms with E-state index in [9.17, 15) is 4.79 Å². The largest absolute Gasteiger partial charge is 0.351 e. The van der Waals surface area contributed by atoms with Crippen LogP contribution in [0.25, 0.3) is 0 Å². The summed E-state index contributed by atoms with van der Waals surface area (Å²) >= 11 is 0. The lowest BCUT2D eigenvalue weighted by molar-refractivity contribution is 0.251. The Bertz CT molecular complexity index is 396. The third kappa shape index (κ3) is 2.60. The van der Waals surface area contributed by atoms with Gasteiger partial charge in [-0.1, -0.05) is 12.7 Å². The summed E-state index contributed by atoms with van der Waals surface area (Å²) < 4.78 is 0. The maximum absolute atomic E-state index is 11.1. The number of primary amides is 1. The van der Waals surface area contributed by atoms with Gasteiger partial charge in [0.05, 0.1) is 0 Å². The summed E-state index contributed by atoms with van der Waals surface area (Å²) in [6.45, 7) is 3.86. The molecule has 0 atom stereocenters. The van der Waals surface area contributed by atoms with Crippen molar-refractivity contribution in [3.63, 3.8) is 0 Å². The highest BCUT2D eigenvalue weighted by atomic mass is 16.2. The van der Waals surface area contributed by atoms with Crippen molar-refractivity contribution < 1.29 is 4.79 Å². The molecule has 1 saturated carbocycles. The Morgan fingerprint density at radius 3 is 2.47 bits per heavy atom. The number of carbonyl (C=O) groups excluding carboxylic acids is 1. The van der Waals surface area contributed by atoms with Crippen LogP contribution in [0.2, 0.25) is 0 Å². The van der Waals surface area contributed by atoms with Crippen molar-refractivity contribution in [2.45, 2.75) is 44.9 Å². The molecule has 0 heterocycles. The van der Waals surface area contributed by atoms with Crippen molar-refractivity contribution in [2.75, 3.05) is 0 Å². The van der Waals surface area contributed by atoms with Crippen molar-refractivity contribution in [3.8, 4) is 0 Å². The molecule has 3 heteroatoms. The quantitative estimate of drug-likeness (QED) is 0.771. The van der Waals surface area contributed by atoms with E-state index in [1.807, 2.05) is 6.08 Å². The van der Waals surface area contributed by atoms with Crippen molar-refractivity contribution in [3.05, 3.63) is 35.1 Å². The molecule has 2 amide bonds. The molecule has 3 N–H and O–H groups in total. The SMILES string of the molecule is C=CC1=C(C(NC(N)=O)=C2CCCC2)CCC1. The molecule has 92 valence electrons. The van der Waals surface area contributed by atoms with E-state index in [-0.39, 0.29) is 0 Å². The molecule has 2 rings (SSSR count). The van der Waals surface area contributed by atoms with Crippen molar-refractivity contribution >= 4 is 6.03 Å². The lowest BCUT2D eigenvalue weighted by Gasteiger charge is -2.14. The van der Waals surface area contributed by atoms with Crippen LogP contribution in [0.4, 0.5) is 4.79 Å². The highest BCUT2D eigenvalue weighted by Gasteiger charge is 2.21. The average molecular weight is 232 g/mol. The molecule has 0 aromatic rings. The Labute approximate surface area is 102 Å². The summed E-state index contributed by atoms with van der Waals surface area (Å²) in [7, 11) is 0. The number of urea groups is 1. The Morgan fingerprint density at radius 2 is 1.88 bits per heavy atom. The zero-order valence-corrected chi connectivity index (χ0v) is 10.2. The second-order valence-electron chi connectivity index (χ2n) is 4.74. The molecule has 0 bridgehead atoms. The molecule has 0 aliphatic heterocycles. The maximum Gasteiger partial charge on any atom is 0.316 e. The smallest absolute Gasteiger partial charge is 0.316 e. The molecule has 1 fully saturated rings. The van der Waals surface area contributed by atoms with Gasteiger partial charge in [-0.05, 0) is 61.7 Å². The minimum absolute atomic E-state index is 0.456. The van der Waals surface area contributed by atoms with Gasteiger partial charge < -0.3 is 11.1 Å². The van der Waals surface area contributed by atoms with Crippen molar-refractivity contribution in [1.82, 2.24) is 5.32 Å². The predicted octanol–water partition coefficient (Wildman–Crippen LogP) is 3.15. The number of nitrogens with one attached hydrogen (secondary N) is 1. The fourth-order valence-electron chi connectivity index (χ4n) is 2.83. The normalized spacial score (nSPS) is 19.6. The molecule has 2 aliphatic rings. The second kappa shape index (κ2) is 5.21. The van der Waals surface area contributed by atoms with E-state index in [0.717, 1.165) is 37.8 Å². The van der Waals surface area contributed by atoms with E-state index in [4.69, 9.17) is 5.73 Å². The van der Waals surface area contributed by atoms with Crippen molar-refractivity contribution in [1.29, 1.82) is 0 Å². The Morgan fingerprint density at radius 1 is 1.18 bits per heavy atom. The Balaban J connectivity index is 2.36. The first-order chi connectivity index (χ1) is 8.22. The minimum Gasteiger partial charge on any atom is -0.351 e. The maximum atomic E-state index is 11.1. The predicted molar refractivity (Wildman–Crippen MR) is 69.3 cm³/mol. The number of carbonyl (C=O) groups is 1. The number of rotatable bonds is 3. The Kier molecular flexibility index (Phi) is 3.67. The molecule has 0 radical (unpaired) electrons. The van der Waals surface area contributed by atoms with Crippen molar-refractivity contribution in [2.24, 2.45) is 5.73 Å². The number of amides is 2. The first-order valence-electron chi connectivity index (χ1n) is 6.35. The molecule has 0 saturated heterocycles. The monoisotopic (exact) mass is 232 g/mol. The van der Waals surface area contributed by atoms with Gasteiger partial charge in [0.25, 0.3) is 0 Å². The summed E-state index contributed by atoms with van der Waals surface area (Å²) in [5, 5.41) is 2.84. The zero-order chi connectivity index (χ0) is 12.3. The van der Waals surface area contributed by atoms with Gasteiger partial charge in [-0.2, -0.15) is 0 Å². The van der Waals surface area contributed by atoms with Crippen LogP contribution >= 0.6 is 0 Å². The van der Waals surface area contributed by atoms with E-state index in [1.54, 1.807) is 0 Å². The summed E-state index contributed by atoms with van der Waals surface area (Å²) in [6, 6.07) is -0.456. The van der Waals surface area contributed by atoms with Gasteiger partial charge in [-0.15, -0.1) is 0 Å². The highest BCUT2D eigenvalue weighted by Crippen LogP contribution is 2.36. The van der Waals surface area contributed by atoms with Crippen LogP contribution < -0.4 is 11.1 Å². The summed E-state index contributed by atoms with van der Waals surface area (Å²) in [4.78, 5) is 11.1. The average Bonchev–Trinajstić information content (AvgIpc) is 2.96. The van der Waals surface area contributed by atoms with E-state index >= 15 is 0 Å². The topological polar surface area (TPSA) is 55.1 Å². The second-order valence-corrected chi connectivity index (χ2v) is 4.74. The van der Waals surface area contributed by atoms with Crippen LogP contribution in [0.15, 0.2) is 35.1 Å². The first kappa shape index (κ1) is 12.0. The molecule has 3 nitrogen and oxygen atoms in total. The lowest BCUT2D eigenvalue weighted by Crippen LogP contribution is -2.30. The van der Waals surface area contributed by atoms with Gasteiger partial charge in [-0.3, -0.25) is 0 Å². The molecule has 0 unspecified atom stereocenters. The fraction of sp³-hybridized carbons (Fsp3) is 0.500. The van der Waals surface area contributed by atoms with Gasteiger partial charge in [0.2, 0.25) is 0 Å². The van der Waals surface area contributed by atoms with Gasteiger partial charge in [-0.25, -0.2) is 4.79 Å². The third-order valence-electron chi connectivity index (χ3n) is 3.62. The number of hydrogen-bond donors (Lipinski definition) is 2. The molecular weight excluding hydrogens is 212 g/mol. The van der Waals surface area contributed by atoms with Crippen LogP contribution in [0, 0.1) is 0 Å². The van der Waals surface area contributed by atoms with E-state index < -0.39 is 6.03 Å². The molecule has 17 heavy (non-hydrogen) atoms. The molecule has 0 spiro atoms. The minimum atomic E-state index is -0.456. The standard InChI is InChI=1S/C14H20N2O/c1-2-10-8-5-9-12(10)13(16-14(15)17)11-6-3-4-7-11/h2H,1,3-9H2,(H3,15,16,17). The van der Waals surface area contributed by atoms with E-state index in [1.165, 1.54) is 29.6 Å². The van der Waals surface area contributed by atoms with Gasteiger partial charge in [0.1, 0.15) is 0 Å². The summed E-state index contributed by atoms with van der Waals surface area (Å²) in [5.74, 6) is 0. The highest BCUT2D eigenvalue weighted by molar-refractivity contribution is 5.75.